The molecule has 2 rings (SSSR count). The number of nitrogens with zero attached hydrogens (tertiary/aromatic N) is 3. The molecule has 0 radical (unpaired) electrons. The smallest absolute Gasteiger partial charge is 0.242 e. The summed E-state index contributed by atoms with van der Waals surface area (Å²) in [5, 5.41) is 7.18. The van der Waals surface area contributed by atoms with Crippen molar-refractivity contribution in [1.29, 1.82) is 0 Å². The molecule has 6 heteroatoms. The van der Waals surface area contributed by atoms with E-state index in [1.54, 1.807) is 12.3 Å². The van der Waals surface area contributed by atoms with Gasteiger partial charge in [-0.2, -0.15) is 5.10 Å². The minimum Gasteiger partial charge on any atom is -0.384 e. The third-order valence-corrected chi connectivity index (χ3v) is 3.35. The third-order valence-electron chi connectivity index (χ3n) is 3.35. The number of aryl methyl sites for hydroxylation is 2. The van der Waals surface area contributed by atoms with Crippen molar-refractivity contribution in [2.24, 2.45) is 0 Å². The summed E-state index contributed by atoms with van der Waals surface area (Å²) in [6.45, 7) is 5.97. The Balaban J connectivity index is 2.07. The Morgan fingerprint density at radius 2 is 2.24 bits per heavy atom. The van der Waals surface area contributed by atoms with Crippen molar-refractivity contribution in [1.82, 2.24) is 20.1 Å². The number of aromatic nitrogens is 3. The Kier molecular flexibility index (Phi) is 4.57. The summed E-state index contributed by atoms with van der Waals surface area (Å²) in [4.78, 5) is 16.5. The van der Waals surface area contributed by atoms with Crippen LogP contribution in [0.3, 0.4) is 0 Å². The zero-order chi connectivity index (χ0) is 15.4. The van der Waals surface area contributed by atoms with Gasteiger partial charge in [0.05, 0.1) is 17.4 Å². The van der Waals surface area contributed by atoms with Gasteiger partial charge >= 0.3 is 0 Å². The van der Waals surface area contributed by atoms with Gasteiger partial charge in [-0.3, -0.25) is 9.78 Å². The first-order valence-corrected chi connectivity index (χ1v) is 7.02. The average molecular weight is 287 g/mol. The number of hydrogen-bond acceptors (Lipinski definition) is 4. The van der Waals surface area contributed by atoms with Crippen LogP contribution in [0.15, 0.2) is 24.4 Å². The molecule has 112 valence electrons. The Morgan fingerprint density at radius 1 is 1.48 bits per heavy atom. The predicted molar refractivity (Wildman–Crippen MR) is 81.5 cm³/mol. The van der Waals surface area contributed by atoms with Crippen LogP contribution in [-0.2, 0) is 11.3 Å². The number of pyridine rings is 1. The molecule has 0 aromatic carbocycles. The maximum Gasteiger partial charge on any atom is 0.242 e. The highest BCUT2D eigenvalue weighted by Crippen LogP contribution is 2.17. The summed E-state index contributed by atoms with van der Waals surface area (Å²) in [5.74, 6) is 0.367. The van der Waals surface area contributed by atoms with Crippen LogP contribution >= 0.6 is 0 Å². The summed E-state index contributed by atoms with van der Waals surface area (Å²) in [6, 6.07) is 5.52. The molecule has 0 aliphatic rings. The van der Waals surface area contributed by atoms with Gasteiger partial charge in [0.2, 0.25) is 5.91 Å². The number of anilines is 1. The summed E-state index contributed by atoms with van der Waals surface area (Å²) in [5.41, 5.74) is 8.56. The molecule has 0 aliphatic carbocycles. The normalized spacial score (nSPS) is 12.1. The van der Waals surface area contributed by atoms with E-state index in [0.29, 0.717) is 5.82 Å². The largest absolute Gasteiger partial charge is 0.384 e. The molecular weight excluding hydrogens is 266 g/mol. The van der Waals surface area contributed by atoms with Crippen molar-refractivity contribution < 1.29 is 4.79 Å². The summed E-state index contributed by atoms with van der Waals surface area (Å²) < 4.78 is 1.50. The fourth-order valence-electron chi connectivity index (χ4n) is 2.29. The standard InChI is InChI=1S/C15H21N5O/c1-4-12(15-10(2)6-5-7-17-15)18-14(21)9-20-13(16)8-11(3)19-20/h5-8,12H,4,9,16H2,1-3H3,(H,18,21)/t12-/m0/s1. The van der Waals surface area contributed by atoms with Crippen molar-refractivity contribution >= 4 is 11.7 Å². The minimum atomic E-state index is -0.123. The monoisotopic (exact) mass is 287 g/mol. The van der Waals surface area contributed by atoms with E-state index in [1.165, 1.54) is 4.68 Å². The first-order valence-electron chi connectivity index (χ1n) is 7.02. The second-order valence-corrected chi connectivity index (χ2v) is 5.10. The highest BCUT2D eigenvalue weighted by molar-refractivity contribution is 5.76. The Hall–Kier alpha value is -2.37. The van der Waals surface area contributed by atoms with E-state index in [-0.39, 0.29) is 18.5 Å². The topological polar surface area (TPSA) is 85.8 Å². The van der Waals surface area contributed by atoms with Gasteiger partial charge in [0, 0.05) is 12.3 Å². The van der Waals surface area contributed by atoms with Crippen LogP contribution in [0.4, 0.5) is 5.82 Å². The van der Waals surface area contributed by atoms with Crippen LogP contribution < -0.4 is 11.1 Å². The van der Waals surface area contributed by atoms with Crippen molar-refractivity contribution in [3.05, 3.63) is 41.3 Å². The van der Waals surface area contributed by atoms with Crippen LogP contribution in [-0.4, -0.2) is 20.7 Å². The van der Waals surface area contributed by atoms with Gasteiger partial charge in [-0.05, 0) is 31.9 Å². The number of nitrogens with two attached hydrogens (primary N) is 1. The number of carbonyl (C=O) groups is 1. The van der Waals surface area contributed by atoms with Gasteiger partial charge in [-0.25, -0.2) is 4.68 Å². The maximum absolute atomic E-state index is 12.2. The number of amides is 1. The Bertz CT molecular complexity index is 635. The number of carbonyl (C=O) groups excluding carboxylic acids is 1. The SMILES string of the molecule is CC[C@H](NC(=O)Cn1nc(C)cc1N)c1ncccc1C. The molecule has 0 saturated carbocycles. The quantitative estimate of drug-likeness (QED) is 0.877. The molecule has 2 aromatic heterocycles. The molecule has 3 N–H and O–H groups in total. The van der Waals surface area contributed by atoms with E-state index in [2.05, 4.69) is 15.4 Å². The lowest BCUT2D eigenvalue weighted by atomic mass is 10.1. The second-order valence-electron chi connectivity index (χ2n) is 5.10. The molecule has 0 fully saturated rings. The van der Waals surface area contributed by atoms with E-state index >= 15 is 0 Å². The van der Waals surface area contributed by atoms with Crippen LogP contribution in [0.2, 0.25) is 0 Å². The van der Waals surface area contributed by atoms with Crippen molar-refractivity contribution in [3.63, 3.8) is 0 Å². The molecular formula is C15H21N5O. The molecule has 1 amide bonds. The van der Waals surface area contributed by atoms with Gasteiger partial charge in [0.15, 0.2) is 0 Å². The number of hydrogen-bond donors (Lipinski definition) is 2. The average Bonchev–Trinajstić information content (AvgIpc) is 2.75. The number of rotatable bonds is 5. The molecule has 21 heavy (non-hydrogen) atoms. The van der Waals surface area contributed by atoms with Crippen LogP contribution in [0.25, 0.3) is 0 Å². The van der Waals surface area contributed by atoms with Gasteiger partial charge in [0.25, 0.3) is 0 Å². The van der Waals surface area contributed by atoms with Crippen LogP contribution in [0, 0.1) is 13.8 Å². The summed E-state index contributed by atoms with van der Waals surface area (Å²) >= 11 is 0. The highest BCUT2D eigenvalue weighted by atomic mass is 16.2. The fourth-order valence-corrected chi connectivity index (χ4v) is 2.29. The van der Waals surface area contributed by atoms with E-state index in [1.807, 2.05) is 32.9 Å². The molecule has 0 aliphatic heterocycles. The fraction of sp³-hybridized carbons (Fsp3) is 0.400. The van der Waals surface area contributed by atoms with E-state index in [9.17, 15) is 4.79 Å². The number of nitrogen functional groups attached to an aromatic ring is 1. The van der Waals surface area contributed by atoms with Gasteiger partial charge < -0.3 is 11.1 Å². The third kappa shape index (κ3) is 3.59. The van der Waals surface area contributed by atoms with Gasteiger partial charge in [-0.1, -0.05) is 13.0 Å². The molecule has 0 unspecified atom stereocenters. The van der Waals surface area contributed by atoms with Crippen LogP contribution in [0.1, 0.15) is 36.3 Å². The zero-order valence-electron chi connectivity index (χ0n) is 12.6. The van der Waals surface area contributed by atoms with Crippen molar-refractivity contribution in [2.45, 2.75) is 39.8 Å². The second kappa shape index (κ2) is 6.39. The first kappa shape index (κ1) is 15.0. The molecule has 2 aromatic rings. The molecule has 0 spiro atoms. The Labute approximate surface area is 124 Å². The lowest BCUT2D eigenvalue weighted by Crippen LogP contribution is -2.32. The summed E-state index contributed by atoms with van der Waals surface area (Å²) in [6.07, 6.45) is 2.52. The lowest BCUT2D eigenvalue weighted by Gasteiger charge is -2.18. The van der Waals surface area contributed by atoms with Gasteiger partial charge in [-0.15, -0.1) is 0 Å². The van der Waals surface area contributed by atoms with E-state index in [0.717, 1.165) is 23.4 Å². The lowest BCUT2D eigenvalue weighted by molar-refractivity contribution is -0.122. The molecule has 1 atom stereocenters. The first-order chi connectivity index (χ1) is 10.0. The van der Waals surface area contributed by atoms with Crippen LogP contribution in [0.5, 0.6) is 0 Å². The molecule has 0 saturated heterocycles. The van der Waals surface area contributed by atoms with Crippen molar-refractivity contribution in [2.75, 3.05) is 5.73 Å². The zero-order valence-corrected chi connectivity index (χ0v) is 12.6. The maximum atomic E-state index is 12.2. The molecule has 2 heterocycles. The minimum absolute atomic E-state index is 0.100. The summed E-state index contributed by atoms with van der Waals surface area (Å²) in [7, 11) is 0. The predicted octanol–water partition coefficient (Wildman–Crippen LogP) is 1.74. The number of nitrogens with one attached hydrogen (secondary N) is 1. The van der Waals surface area contributed by atoms with Gasteiger partial charge in [0.1, 0.15) is 12.4 Å². The highest BCUT2D eigenvalue weighted by Gasteiger charge is 2.16. The molecule has 6 nitrogen and oxygen atoms in total. The Morgan fingerprint density at radius 3 is 2.81 bits per heavy atom. The molecule has 0 bridgehead atoms. The van der Waals surface area contributed by atoms with Crippen molar-refractivity contribution in [3.8, 4) is 0 Å². The van der Waals surface area contributed by atoms with E-state index < -0.39 is 0 Å². The van der Waals surface area contributed by atoms with E-state index in [4.69, 9.17) is 5.73 Å².